The predicted molar refractivity (Wildman–Crippen MR) is 115 cm³/mol. The van der Waals surface area contributed by atoms with Crippen molar-refractivity contribution in [3.8, 4) is 5.06 Å². The Labute approximate surface area is 162 Å². The first-order chi connectivity index (χ1) is 12.2. The normalized spacial score (nSPS) is 12.8. The molecule has 2 heterocycles. The van der Waals surface area contributed by atoms with E-state index in [4.69, 9.17) is 4.74 Å². The standard InChI is InChI=1S/C22H35OS2/c1-4-6-8-9-10-11-13-15-23-22-17-21-20(25-22)16-19(24-21)18(3)14-12-7-5-2/h7,16-18H,4-6,8-15H2,1-3H3. The molecule has 2 rings (SSSR count). The van der Waals surface area contributed by atoms with Crippen molar-refractivity contribution in [1.82, 2.24) is 0 Å². The number of thiophene rings is 2. The quantitative estimate of drug-likeness (QED) is 0.299. The Morgan fingerprint density at radius 3 is 2.40 bits per heavy atom. The van der Waals surface area contributed by atoms with E-state index < -0.39 is 0 Å². The van der Waals surface area contributed by atoms with E-state index in [0.29, 0.717) is 5.92 Å². The second kappa shape index (κ2) is 12.0. The van der Waals surface area contributed by atoms with Crippen LogP contribution in [0.2, 0.25) is 0 Å². The smallest absolute Gasteiger partial charge is 0.175 e. The van der Waals surface area contributed by atoms with Crippen LogP contribution in [0.5, 0.6) is 5.06 Å². The van der Waals surface area contributed by atoms with E-state index in [1.54, 1.807) is 0 Å². The van der Waals surface area contributed by atoms with Crippen molar-refractivity contribution in [3.05, 3.63) is 23.4 Å². The summed E-state index contributed by atoms with van der Waals surface area (Å²) in [6.45, 7) is 7.72. The molecule has 141 valence electrons. The molecular formula is C22H35OS2. The van der Waals surface area contributed by atoms with Crippen molar-refractivity contribution in [2.75, 3.05) is 6.61 Å². The van der Waals surface area contributed by atoms with Crippen LogP contribution in [0.4, 0.5) is 0 Å². The van der Waals surface area contributed by atoms with Gasteiger partial charge in [-0.25, -0.2) is 0 Å². The third kappa shape index (κ3) is 7.30. The van der Waals surface area contributed by atoms with Crippen LogP contribution in [0.1, 0.15) is 95.8 Å². The Bertz CT molecular complexity index is 552. The second-order valence-corrected chi connectivity index (χ2v) is 9.25. The van der Waals surface area contributed by atoms with E-state index in [-0.39, 0.29) is 0 Å². The molecule has 2 aromatic heterocycles. The van der Waals surface area contributed by atoms with Gasteiger partial charge in [0.25, 0.3) is 0 Å². The third-order valence-corrected chi connectivity index (χ3v) is 7.21. The summed E-state index contributed by atoms with van der Waals surface area (Å²) in [5, 5.41) is 1.10. The summed E-state index contributed by atoms with van der Waals surface area (Å²) in [7, 11) is 0. The molecule has 0 aliphatic heterocycles. The molecule has 0 aliphatic carbocycles. The Kier molecular flexibility index (Phi) is 9.93. The molecule has 3 heteroatoms. The van der Waals surface area contributed by atoms with E-state index in [1.165, 1.54) is 78.5 Å². The maximum absolute atomic E-state index is 5.98. The van der Waals surface area contributed by atoms with Crippen LogP contribution in [0.25, 0.3) is 9.40 Å². The van der Waals surface area contributed by atoms with Crippen molar-refractivity contribution in [3.63, 3.8) is 0 Å². The van der Waals surface area contributed by atoms with Gasteiger partial charge in [-0.3, -0.25) is 0 Å². The fourth-order valence-electron chi connectivity index (χ4n) is 3.09. The first-order valence-corrected chi connectivity index (χ1v) is 11.9. The van der Waals surface area contributed by atoms with Gasteiger partial charge in [-0.1, -0.05) is 77.1 Å². The van der Waals surface area contributed by atoms with Crippen molar-refractivity contribution >= 4 is 32.1 Å². The molecule has 0 saturated carbocycles. The Hall–Kier alpha value is -0.540. The van der Waals surface area contributed by atoms with E-state index in [1.807, 2.05) is 22.7 Å². The highest BCUT2D eigenvalue weighted by atomic mass is 32.1. The molecule has 0 bridgehead atoms. The highest BCUT2D eigenvalue weighted by Crippen LogP contribution is 2.40. The Balaban J connectivity index is 1.68. The lowest BCUT2D eigenvalue weighted by atomic mass is 10.0. The summed E-state index contributed by atoms with van der Waals surface area (Å²) in [6.07, 6.45) is 15.4. The monoisotopic (exact) mass is 379 g/mol. The van der Waals surface area contributed by atoms with Gasteiger partial charge in [-0.15, -0.1) is 11.3 Å². The molecule has 0 spiro atoms. The molecule has 0 N–H and O–H groups in total. The van der Waals surface area contributed by atoms with Gasteiger partial charge in [0.15, 0.2) is 5.06 Å². The number of hydrogen-bond donors (Lipinski definition) is 0. The van der Waals surface area contributed by atoms with Gasteiger partial charge < -0.3 is 4.74 Å². The molecule has 1 radical (unpaired) electrons. The van der Waals surface area contributed by atoms with Crippen molar-refractivity contribution < 1.29 is 4.74 Å². The van der Waals surface area contributed by atoms with E-state index in [2.05, 4.69) is 39.3 Å². The lowest BCUT2D eigenvalue weighted by Crippen LogP contribution is -1.95. The molecule has 2 aromatic rings. The SMILES string of the molecule is CC[CH]CCC(C)c1cc2sc(OCCCCCCCCC)cc2s1. The first-order valence-electron chi connectivity index (χ1n) is 10.2. The summed E-state index contributed by atoms with van der Waals surface area (Å²) >= 11 is 3.77. The predicted octanol–water partition coefficient (Wildman–Crippen LogP) is 8.59. The zero-order valence-corrected chi connectivity index (χ0v) is 17.9. The maximum atomic E-state index is 5.98. The van der Waals surface area contributed by atoms with E-state index >= 15 is 0 Å². The number of ether oxygens (including phenoxy) is 1. The topological polar surface area (TPSA) is 9.23 Å². The lowest BCUT2D eigenvalue weighted by molar-refractivity contribution is 0.313. The average Bonchev–Trinajstić information content (AvgIpc) is 3.16. The van der Waals surface area contributed by atoms with Crippen LogP contribution < -0.4 is 4.74 Å². The molecule has 25 heavy (non-hydrogen) atoms. The third-order valence-electron chi connectivity index (χ3n) is 4.77. The number of rotatable bonds is 14. The van der Waals surface area contributed by atoms with Crippen molar-refractivity contribution in [2.24, 2.45) is 0 Å². The minimum atomic E-state index is 0.671. The number of fused-ring (bicyclic) bond motifs is 1. The van der Waals surface area contributed by atoms with Crippen LogP contribution in [0.3, 0.4) is 0 Å². The summed E-state index contributed by atoms with van der Waals surface area (Å²) in [5.74, 6) is 0.671. The Morgan fingerprint density at radius 1 is 0.960 bits per heavy atom. The largest absolute Gasteiger partial charge is 0.484 e. The molecular weight excluding hydrogens is 344 g/mol. The minimum Gasteiger partial charge on any atom is -0.484 e. The highest BCUT2D eigenvalue weighted by molar-refractivity contribution is 7.28. The van der Waals surface area contributed by atoms with E-state index in [0.717, 1.165) is 11.7 Å². The van der Waals surface area contributed by atoms with E-state index in [9.17, 15) is 0 Å². The van der Waals surface area contributed by atoms with Gasteiger partial charge >= 0.3 is 0 Å². The van der Waals surface area contributed by atoms with Gasteiger partial charge in [-0.2, -0.15) is 0 Å². The summed E-state index contributed by atoms with van der Waals surface area (Å²) in [6, 6.07) is 4.64. The molecule has 1 nitrogen and oxygen atoms in total. The molecule has 1 unspecified atom stereocenters. The summed E-state index contributed by atoms with van der Waals surface area (Å²) < 4.78 is 8.78. The maximum Gasteiger partial charge on any atom is 0.175 e. The summed E-state index contributed by atoms with van der Waals surface area (Å²) in [5.41, 5.74) is 0. The lowest BCUT2D eigenvalue weighted by Gasteiger charge is -2.07. The molecule has 0 saturated heterocycles. The fraction of sp³-hybridized carbons (Fsp3) is 0.682. The fourth-order valence-corrected chi connectivity index (χ4v) is 5.45. The van der Waals surface area contributed by atoms with Crippen LogP contribution in [-0.4, -0.2) is 6.61 Å². The van der Waals surface area contributed by atoms with Crippen LogP contribution in [0, 0.1) is 6.42 Å². The molecule has 0 aliphatic rings. The van der Waals surface area contributed by atoms with Crippen LogP contribution >= 0.6 is 22.7 Å². The van der Waals surface area contributed by atoms with Crippen molar-refractivity contribution in [1.29, 1.82) is 0 Å². The van der Waals surface area contributed by atoms with Gasteiger partial charge in [0.2, 0.25) is 0 Å². The molecule has 0 amide bonds. The highest BCUT2D eigenvalue weighted by Gasteiger charge is 2.12. The zero-order valence-electron chi connectivity index (χ0n) is 16.3. The number of hydrogen-bond acceptors (Lipinski definition) is 3. The van der Waals surface area contributed by atoms with Crippen LogP contribution in [-0.2, 0) is 0 Å². The first kappa shape index (κ1) is 20.8. The van der Waals surface area contributed by atoms with Gasteiger partial charge in [0.05, 0.1) is 6.61 Å². The summed E-state index contributed by atoms with van der Waals surface area (Å²) in [4.78, 5) is 1.53. The molecule has 1 atom stereocenters. The van der Waals surface area contributed by atoms with Crippen molar-refractivity contribution in [2.45, 2.75) is 90.9 Å². The zero-order chi connectivity index (χ0) is 17.9. The van der Waals surface area contributed by atoms with Gasteiger partial charge in [0.1, 0.15) is 0 Å². The molecule has 0 aromatic carbocycles. The van der Waals surface area contributed by atoms with Gasteiger partial charge in [-0.05, 0) is 37.7 Å². The average molecular weight is 380 g/mol. The second-order valence-electron chi connectivity index (χ2n) is 7.09. The van der Waals surface area contributed by atoms with Gasteiger partial charge in [0, 0.05) is 20.3 Å². The Morgan fingerprint density at radius 2 is 1.68 bits per heavy atom. The minimum absolute atomic E-state index is 0.671. The number of unbranched alkanes of at least 4 members (excludes halogenated alkanes) is 8. The van der Waals surface area contributed by atoms with Crippen LogP contribution in [0.15, 0.2) is 12.1 Å². The molecule has 0 fully saturated rings.